The Hall–Kier alpha value is -2.47. The molecule has 3 aromatic rings. The van der Waals surface area contributed by atoms with Gasteiger partial charge in [0.25, 0.3) is 0 Å². The van der Waals surface area contributed by atoms with Gasteiger partial charge >= 0.3 is 0 Å². The normalized spacial score (nSPS) is 11.6. The van der Waals surface area contributed by atoms with Crippen LogP contribution in [0.5, 0.6) is 0 Å². The first-order valence-corrected chi connectivity index (χ1v) is 9.17. The summed E-state index contributed by atoms with van der Waals surface area (Å²) in [5, 5.41) is 0. The third kappa shape index (κ3) is 3.54. The Bertz CT molecular complexity index is 930. The van der Waals surface area contributed by atoms with Crippen LogP contribution in [-0.2, 0) is 16.4 Å². The molecule has 0 unspecified atom stereocenters. The molecule has 6 heteroatoms. The molecule has 24 heavy (non-hydrogen) atoms. The van der Waals surface area contributed by atoms with Gasteiger partial charge in [0.15, 0.2) is 9.84 Å². The van der Waals surface area contributed by atoms with E-state index in [9.17, 15) is 12.8 Å². The smallest absolute Gasteiger partial charge is 0.180 e. The molecule has 1 heterocycles. The molecule has 0 aliphatic heterocycles. The van der Waals surface area contributed by atoms with E-state index in [0.717, 1.165) is 29.1 Å². The van der Waals surface area contributed by atoms with Gasteiger partial charge < -0.3 is 4.57 Å². The van der Waals surface area contributed by atoms with Crippen LogP contribution in [0, 0.1) is 12.7 Å². The fourth-order valence-electron chi connectivity index (χ4n) is 2.43. The molecule has 4 nitrogen and oxygen atoms in total. The number of hydrogen-bond acceptors (Lipinski definition) is 3. The Morgan fingerprint density at radius 1 is 1.04 bits per heavy atom. The second-order valence-corrected chi connectivity index (χ2v) is 7.69. The van der Waals surface area contributed by atoms with Crippen molar-refractivity contribution in [3.05, 3.63) is 72.3 Å². The van der Waals surface area contributed by atoms with Crippen LogP contribution in [0.1, 0.15) is 5.56 Å². The van der Waals surface area contributed by atoms with Crippen molar-refractivity contribution in [3.63, 3.8) is 0 Å². The zero-order valence-electron chi connectivity index (χ0n) is 13.2. The van der Waals surface area contributed by atoms with Crippen LogP contribution >= 0.6 is 0 Å². The molecule has 1 aromatic heterocycles. The van der Waals surface area contributed by atoms with Gasteiger partial charge in [-0.3, -0.25) is 0 Å². The maximum Gasteiger partial charge on any atom is 0.180 e. The number of halogens is 1. The van der Waals surface area contributed by atoms with Crippen LogP contribution in [0.15, 0.2) is 65.8 Å². The topological polar surface area (TPSA) is 52.0 Å². The van der Waals surface area contributed by atoms with Crippen LogP contribution in [0.25, 0.3) is 11.4 Å². The highest BCUT2D eigenvalue weighted by Gasteiger charge is 2.16. The fraction of sp³-hybridized carbons (Fsp3) is 0.167. The lowest BCUT2D eigenvalue weighted by atomic mass is 10.1. The van der Waals surface area contributed by atoms with Crippen molar-refractivity contribution in [1.82, 2.24) is 9.55 Å². The summed E-state index contributed by atoms with van der Waals surface area (Å²) in [5.74, 6) is 0.197. The number of imidazole rings is 1. The Kier molecular flexibility index (Phi) is 4.49. The van der Waals surface area contributed by atoms with Gasteiger partial charge in [0.05, 0.1) is 10.6 Å². The van der Waals surface area contributed by atoms with Crippen LogP contribution in [-0.4, -0.2) is 23.7 Å². The van der Waals surface area contributed by atoms with Gasteiger partial charge in [-0.15, -0.1) is 0 Å². The van der Waals surface area contributed by atoms with Crippen LogP contribution in [0.4, 0.5) is 4.39 Å². The van der Waals surface area contributed by atoms with Crippen molar-refractivity contribution in [2.45, 2.75) is 18.4 Å². The van der Waals surface area contributed by atoms with E-state index >= 15 is 0 Å². The monoisotopic (exact) mass is 344 g/mol. The highest BCUT2D eigenvalue weighted by atomic mass is 32.2. The highest BCUT2D eigenvalue weighted by Crippen LogP contribution is 2.19. The van der Waals surface area contributed by atoms with Crippen molar-refractivity contribution in [3.8, 4) is 11.4 Å². The molecule has 2 aromatic carbocycles. The minimum atomic E-state index is -3.47. The summed E-state index contributed by atoms with van der Waals surface area (Å²) in [6.07, 6.45) is 3.41. The van der Waals surface area contributed by atoms with Gasteiger partial charge in [-0.05, 0) is 31.2 Å². The van der Waals surface area contributed by atoms with Crippen molar-refractivity contribution in [2.24, 2.45) is 0 Å². The third-order valence-electron chi connectivity index (χ3n) is 3.80. The van der Waals surface area contributed by atoms with E-state index in [-0.39, 0.29) is 17.2 Å². The quantitative estimate of drug-likeness (QED) is 0.666. The molecule has 3 rings (SSSR count). The predicted octanol–water partition coefficient (Wildman–Crippen LogP) is 3.47. The first kappa shape index (κ1) is 16.4. The largest absolute Gasteiger partial charge is 0.330 e. The summed E-state index contributed by atoms with van der Waals surface area (Å²) < 4.78 is 39.5. The standard InChI is InChI=1S/C18H17FN2O2S/c1-14-2-4-15(5-3-14)18-20-10-11-21(18)12-13-24(22,23)17-8-6-16(19)7-9-17/h2-11H,12-13H2,1H3. The molecule has 0 spiro atoms. The Labute approximate surface area is 140 Å². The summed E-state index contributed by atoms with van der Waals surface area (Å²) in [7, 11) is -3.47. The lowest BCUT2D eigenvalue weighted by Gasteiger charge is -2.09. The number of aryl methyl sites for hydroxylation is 2. The van der Waals surface area contributed by atoms with Gasteiger partial charge in [0, 0.05) is 24.5 Å². The van der Waals surface area contributed by atoms with Crippen LogP contribution in [0.3, 0.4) is 0 Å². The van der Waals surface area contributed by atoms with Crippen LogP contribution < -0.4 is 0 Å². The number of nitrogens with zero attached hydrogens (tertiary/aromatic N) is 2. The summed E-state index contributed by atoms with van der Waals surface area (Å²) in [6, 6.07) is 12.8. The van der Waals surface area contributed by atoms with E-state index in [1.807, 2.05) is 35.8 Å². The zero-order valence-corrected chi connectivity index (χ0v) is 14.0. The molecule has 0 N–H and O–H groups in total. The molecule has 0 amide bonds. The molecule has 0 radical (unpaired) electrons. The SMILES string of the molecule is Cc1ccc(-c2nccn2CCS(=O)(=O)c2ccc(F)cc2)cc1. The zero-order chi connectivity index (χ0) is 17.2. The maximum atomic E-state index is 12.9. The summed E-state index contributed by atoms with van der Waals surface area (Å²) in [5.41, 5.74) is 2.08. The number of aromatic nitrogens is 2. The van der Waals surface area contributed by atoms with Crippen molar-refractivity contribution in [2.75, 3.05) is 5.75 Å². The summed E-state index contributed by atoms with van der Waals surface area (Å²) in [4.78, 5) is 4.45. The second kappa shape index (κ2) is 6.57. The maximum absolute atomic E-state index is 12.9. The lowest BCUT2D eigenvalue weighted by molar-refractivity contribution is 0.588. The molecule has 0 aliphatic rings. The Morgan fingerprint density at radius 3 is 2.38 bits per heavy atom. The van der Waals surface area contributed by atoms with E-state index < -0.39 is 15.7 Å². The minimum Gasteiger partial charge on any atom is -0.330 e. The number of hydrogen-bond donors (Lipinski definition) is 0. The average Bonchev–Trinajstić information content (AvgIpc) is 3.03. The molecule has 0 atom stereocenters. The van der Waals surface area contributed by atoms with E-state index in [4.69, 9.17) is 0 Å². The van der Waals surface area contributed by atoms with Gasteiger partial charge in [-0.25, -0.2) is 17.8 Å². The molecule has 0 saturated heterocycles. The average molecular weight is 344 g/mol. The van der Waals surface area contributed by atoms with Gasteiger partial charge in [-0.1, -0.05) is 29.8 Å². The second-order valence-electron chi connectivity index (χ2n) is 5.58. The van der Waals surface area contributed by atoms with Crippen molar-refractivity contribution >= 4 is 9.84 Å². The molecule has 0 bridgehead atoms. The van der Waals surface area contributed by atoms with Crippen molar-refractivity contribution in [1.29, 1.82) is 0 Å². The number of rotatable bonds is 5. The third-order valence-corrected chi connectivity index (χ3v) is 5.51. The summed E-state index contributed by atoms with van der Waals surface area (Å²) >= 11 is 0. The van der Waals surface area contributed by atoms with E-state index in [2.05, 4.69) is 4.98 Å². The molecule has 0 aliphatic carbocycles. The Morgan fingerprint density at radius 2 is 1.71 bits per heavy atom. The fourth-order valence-corrected chi connectivity index (χ4v) is 3.65. The van der Waals surface area contributed by atoms with Crippen LogP contribution in [0.2, 0.25) is 0 Å². The molecule has 124 valence electrons. The van der Waals surface area contributed by atoms with E-state index in [1.165, 1.54) is 12.1 Å². The molecule has 0 saturated carbocycles. The van der Waals surface area contributed by atoms with Gasteiger partial charge in [0.1, 0.15) is 11.6 Å². The van der Waals surface area contributed by atoms with E-state index in [1.54, 1.807) is 12.4 Å². The van der Waals surface area contributed by atoms with E-state index in [0.29, 0.717) is 0 Å². The number of sulfone groups is 1. The Balaban J connectivity index is 1.79. The number of benzene rings is 2. The summed E-state index contributed by atoms with van der Waals surface area (Å²) in [6.45, 7) is 2.29. The van der Waals surface area contributed by atoms with Gasteiger partial charge in [-0.2, -0.15) is 0 Å². The molecular formula is C18H17FN2O2S. The first-order chi connectivity index (χ1) is 11.5. The lowest BCUT2D eigenvalue weighted by Crippen LogP contribution is -2.13. The van der Waals surface area contributed by atoms with Gasteiger partial charge in [0.2, 0.25) is 0 Å². The highest BCUT2D eigenvalue weighted by molar-refractivity contribution is 7.91. The minimum absolute atomic E-state index is 0.0755. The molecule has 0 fully saturated rings. The van der Waals surface area contributed by atoms with Crippen molar-refractivity contribution < 1.29 is 12.8 Å². The predicted molar refractivity (Wildman–Crippen MR) is 90.9 cm³/mol. The first-order valence-electron chi connectivity index (χ1n) is 7.52. The molecular weight excluding hydrogens is 327 g/mol.